The average molecular weight is 467 g/mol. The summed E-state index contributed by atoms with van der Waals surface area (Å²) >= 11 is 0. The molecule has 0 spiro atoms. The van der Waals surface area contributed by atoms with Crippen molar-refractivity contribution in [3.05, 3.63) is 29.3 Å². The van der Waals surface area contributed by atoms with Crippen molar-refractivity contribution >= 4 is 10.1 Å². The standard InChI is InChI=1S/C28H50O3S/c1-24(2)18-13-9-5-7-11-15-20-26-21-17-23-28(32(29,30)31)27(26)22-16-12-8-6-10-14-19-25(3)4/h17,21,23-25H,5-16,18-20,22H2,1-4H3,(H,29,30,31). The lowest BCUT2D eigenvalue weighted by atomic mass is 9.96. The van der Waals surface area contributed by atoms with Gasteiger partial charge in [-0.15, -0.1) is 0 Å². The van der Waals surface area contributed by atoms with Gasteiger partial charge < -0.3 is 0 Å². The quantitative estimate of drug-likeness (QED) is 0.164. The van der Waals surface area contributed by atoms with Gasteiger partial charge in [-0.25, -0.2) is 0 Å². The normalized spacial score (nSPS) is 12.2. The lowest BCUT2D eigenvalue weighted by molar-refractivity contribution is 0.481. The summed E-state index contributed by atoms with van der Waals surface area (Å²) < 4.78 is 33.6. The maximum Gasteiger partial charge on any atom is 0.294 e. The van der Waals surface area contributed by atoms with Gasteiger partial charge in [-0.05, 0) is 54.7 Å². The van der Waals surface area contributed by atoms with E-state index in [9.17, 15) is 13.0 Å². The summed E-state index contributed by atoms with van der Waals surface area (Å²) in [5.41, 5.74) is 1.96. The lowest BCUT2D eigenvalue weighted by Gasteiger charge is -2.14. The van der Waals surface area contributed by atoms with Crippen LogP contribution in [0.25, 0.3) is 0 Å². The van der Waals surface area contributed by atoms with Gasteiger partial charge in [0.25, 0.3) is 10.1 Å². The Balaban J connectivity index is 2.47. The predicted octanol–water partition coefficient (Wildman–Crippen LogP) is 8.79. The number of aryl methyl sites for hydroxylation is 1. The number of benzene rings is 1. The maximum atomic E-state index is 11.9. The van der Waals surface area contributed by atoms with Crippen LogP contribution in [0.15, 0.2) is 23.1 Å². The van der Waals surface area contributed by atoms with Gasteiger partial charge in [-0.1, -0.05) is 117 Å². The highest BCUT2D eigenvalue weighted by molar-refractivity contribution is 7.85. The van der Waals surface area contributed by atoms with Crippen molar-refractivity contribution in [2.24, 2.45) is 11.8 Å². The van der Waals surface area contributed by atoms with Crippen LogP contribution in [0.1, 0.15) is 129 Å². The van der Waals surface area contributed by atoms with E-state index >= 15 is 0 Å². The van der Waals surface area contributed by atoms with Gasteiger partial charge in [0.15, 0.2) is 0 Å². The van der Waals surface area contributed by atoms with Crippen LogP contribution in [-0.4, -0.2) is 13.0 Å². The molecule has 0 radical (unpaired) electrons. The molecule has 0 saturated carbocycles. The molecule has 0 bridgehead atoms. The summed E-state index contributed by atoms with van der Waals surface area (Å²) in [6.45, 7) is 9.12. The number of rotatable bonds is 19. The van der Waals surface area contributed by atoms with Crippen molar-refractivity contribution in [1.29, 1.82) is 0 Å². The fourth-order valence-corrected chi connectivity index (χ4v) is 5.30. The van der Waals surface area contributed by atoms with Gasteiger partial charge in [-0.3, -0.25) is 4.55 Å². The van der Waals surface area contributed by atoms with Crippen molar-refractivity contribution in [3.8, 4) is 0 Å². The lowest BCUT2D eigenvalue weighted by Crippen LogP contribution is -2.07. The molecule has 0 atom stereocenters. The third kappa shape index (κ3) is 13.6. The van der Waals surface area contributed by atoms with E-state index in [2.05, 4.69) is 33.8 Å². The number of unbranched alkanes of at least 4 members (excludes halogenated alkanes) is 10. The van der Waals surface area contributed by atoms with Gasteiger partial charge in [-0.2, -0.15) is 8.42 Å². The average Bonchev–Trinajstić information content (AvgIpc) is 2.71. The first-order valence-corrected chi connectivity index (χ1v) is 14.7. The van der Waals surface area contributed by atoms with E-state index < -0.39 is 10.1 Å². The summed E-state index contributed by atoms with van der Waals surface area (Å²) in [5.74, 6) is 1.59. The first-order chi connectivity index (χ1) is 15.2. The van der Waals surface area contributed by atoms with E-state index in [0.29, 0.717) is 0 Å². The molecule has 0 saturated heterocycles. The van der Waals surface area contributed by atoms with Crippen LogP contribution in [0, 0.1) is 11.8 Å². The minimum atomic E-state index is -4.17. The summed E-state index contributed by atoms with van der Waals surface area (Å²) in [6, 6.07) is 5.40. The van der Waals surface area contributed by atoms with E-state index in [4.69, 9.17) is 0 Å². The molecular formula is C28H50O3S. The second kappa shape index (κ2) is 16.7. The Bertz CT molecular complexity index is 707. The topological polar surface area (TPSA) is 54.4 Å². The van der Waals surface area contributed by atoms with Crippen LogP contribution in [-0.2, 0) is 23.0 Å². The second-order valence-electron chi connectivity index (χ2n) is 10.5. The first-order valence-electron chi connectivity index (χ1n) is 13.3. The van der Waals surface area contributed by atoms with E-state index in [1.165, 1.54) is 70.6 Å². The molecule has 0 aromatic heterocycles. The molecule has 4 heteroatoms. The minimum absolute atomic E-state index is 0.126. The molecule has 0 heterocycles. The Hall–Kier alpha value is -0.870. The van der Waals surface area contributed by atoms with Crippen molar-refractivity contribution < 1.29 is 13.0 Å². The molecule has 32 heavy (non-hydrogen) atoms. The molecule has 1 aromatic carbocycles. The SMILES string of the molecule is CC(C)CCCCCCCCc1cccc(S(=O)(=O)O)c1CCCCCCCCC(C)C. The molecule has 0 aliphatic carbocycles. The first kappa shape index (κ1) is 29.2. The van der Waals surface area contributed by atoms with Gasteiger partial charge >= 0.3 is 0 Å². The summed E-state index contributed by atoms with van der Waals surface area (Å²) in [6.07, 6.45) is 18.9. The van der Waals surface area contributed by atoms with Gasteiger partial charge in [0.1, 0.15) is 0 Å². The molecule has 0 aliphatic heterocycles. The van der Waals surface area contributed by atoms with E-state index in [1.54, 1.807) is 12.1 Å². The van der Waals surface area contributed by atoms with Crippen molar-refractivity contribution in [1.82, 2.24) is 0 Å². The fraction of sp³-hybridized carbons (Fsp3) is 0.786. The Morgan fingerprint density at radius 3 is 1.56 bits per heavy atom. The number of hydrogen-bond donors (Lipinski definition) is 1. The fourth-order valence-electron chi connectivity index (χ4n) is 4.51. The molecule has 1 rings (SSSR count). The maximum absolute atomic E-state index is 11.9. The smallest absolute Gasteiger partial charge is 0.282 e. The molecule has 0 aliphatic rings. The largest absolute Gasteiger partial charge is 0.294 e. The van der Waals surface area contributed by atoms with Gasteiger partial charge in [0.05, 0.1) is 4.90 Å². The predicted molar refractivity (Wildman–Crippen MR) is 138 cm³/mol. The summed E-state index contributed by atoms with van der Waals surface area (Å²) in [4.78, 5) is 0.126. The molecule has 3 nitrogen and oxygen atoms in total. The van der Waals surface area contributed by atoms with E-state index in [0.717, 1.165) is 55.1 Å². The Labute approximate surface area is 199 Å². The Morgan fingerprint density at radius 2 is 1.09 bits per heavy atom. The van der Waals surface area contributed by atoms with Crippen LogP contribution in [0.4, 0.5) is 0 Å². The summed E-state index contributed by atoms with van der Waals surface area (Å²) in [7, 11) is -4.17. The van der Waals surface area contributed by atoms with Crippen molar-refractivity contribution in [2.45, 2.75) is 135 Å². The van der Waals surface area contributed by atoms with Crippen molar-refractivity contribution in [2.75, 3.05) is 0 Å². The van der Waals surface area contributed by atoms with Gasteiger partial charge in [0.2, 0.25) is 0 Å². The molecular weight excluding hydrogens is 416 g/mol. The molecule has 1 N–H and O–H groups in total. The van der Waals surface area contributed by atoms with Crippen LogP contribution < -0.4 is 0 Å². The molecule has 0 amide bonds. The van der Waals surface area contributed by atoms with Crippen LogP contribution in [0.2, 0.25) is 0 Å². The zero-order valence-electron chi connectivity index (χ0n) is 21.4. The molecule has 0 unspecified atom stereocenters. The monoisotopic (exact) mass is 466 g/mol. The molecule has 186 valence electrons. The van der Waals surface area contributed by atoms with Crippen molar-refractivity contribution in [3.63, 3.8) is 0 Å². The summed E-state index contributed by atoms with van der Waals surface area (Å²) in [5, 5.41) is 0. The van der Waals surface area contributed by atoms with Crippen LogP contribution in [0.5, 0.6) is 0 Å². The highest BCUT2D eigenvalue weighted by Gasteiger charge is 2.17. The Kier molecular flexibility index (Phi) is 15.2. The third-order valence-electron chi connectivity index (χ3n) is 6.44. The van der Waals surface area contributed by atoms with E-state index in [1.807, 2.05) is 0 Å². The van der Waals surface area contributed by atoms with E-state index in [-0.39, 0.29) is 4.90 Å². The third-order valence-corrected chi connectivity index (χ3v) is 7.38. The Morgan fingerprint density at radius 1 is 0.656 bits per heavy atom. The van der Waals surface area contributed by atoms with Gasteiger partial charge in [0, 0.05) is 0 Å². The number of hydrogen-bond acceptors (Lipinski definition) is 2. The van der Waals surface area contributed by atoms with Crippen LogP contribution in [0.3, 0.4) is 0 Å². The second-order valence-corrected chi connectivity index (χ2v) is 11.9. The van der Waals surface area contributed by atoms with Crippen LogP contribution >= 0.6 is 0 Å². The highest BCUT2D eigenvalue weighted by atomic mass is 32.2. The molecule has 0 fully saturated rings. The zero-order chi connectivity index (χ0) is 23.8. The molecule has 1 aromatic rings. The highest BCUT2D eigenvalue weighted by Crippen LogP contribution is 2.25. The minimum Gasteiger partial charge on any atom is -0.282 e. The zero-order valence-corrected chi connectivity index (χ0v) is 22.2.